The van der Waals surface area contributed by atoms with Crippen LogP contribution in [0.3, 0.4) is 0 Å². The maximum atomic E-state index is 12.6. The second-order valence-electron chi connectivity index (χ2n) is 7.94. The summed E-state index contributed by atoms with van der Waals surface area (Å²) in [5.41, 5.74) is 17.3. The predicted molar refractivity (Wildman–Crippen MR) is 124 cm³/mol. The fraction of sp³-hybridized carbons (Fsp3) is 0.500. The number of primary amides is 1. The molecule has 0 aliphatic heterocycles. The number of rotatable bonds is 15. The van der Waals surface area contributed by atoms with E-state index >= 15 is 0 Å². The summed E-state index contributed by atoms with van der Waals surface area (Å²) in [7, 11) is 0. The van der Waals surface area contributed by atoms with Gasteiger partial charge in [0.15, 0.2) is 0 Å². The molecule has 0 fully saturated rings. The Hall–Kier alpha value is -3.51. The van der Waals surface area contributed by atoms with Crippen molar-refractivity contribution in [1.82, 2.24) is 16.0 Å². The van der Waals surface area contributed by atoms with Crippen LogP contribution in [0.25, 0.3) is 0 Å². The zero-order chi connectivity index (χ0) is 25.7. The quantitative estimate of drug-likeness (QED) is 0.141. The van der Waals surface area contributed by atoms with Crippen molar-refractivity contribution < 1.29 is 29.1 Å². The minimum absolute atomic E-state index is 0.172. The second-order valence-corrected chi connectivity index (χ2v) is 7.94. The maximum absolute atomic E-state index is 12.6. The first-order valence-electron chi connectivity index (χ1n) is 11.0. The van der Waals surface area contributed by atoms with E-state index in [4.69, 9.17) is 17.2 Å². The molecule has 0 bridgehead atoms. The lowest BCUT2D eigenvalue weighted by atomic mass is 10.1. The molecule has 0 radical (unpaired) electrons. The molecule has 1 aromatic rings. The SMILES string of the molecule is CC(NC(=O)C(N)Cc1ccccc1)C(=O)NC(CCCCN)C(=O)NC(CC(N)=O)C(=O)O. The molecule has 4 amide bonds. The van der Waals surface area contributed by atoms with Crippen molar-refractivity contribution in [2.75, 3.05) is 6.54 Å². The van der Waals surface area contributed by atoms with Crippen LogP contribution in [0.15, 0.2) is 30.3 Å². The lowest BCUT2D eigenvalue weighted by Crippen LogP contribution is -2.56. The molecule has 0 saturated heterocycles. The zero-order valence-corrected chi connectivity index (χ0v) is 19.2. The van der Waals surface area contributed by atoms with Crippen molar-refractivity contribution in [3.05, 3.63) is 35.9 Å². The summed E-state index contributed by atoms with van der Waals surface area (Å²) in [4.78, 5) is 60.1. The first-order valence-corrected chi connectivity index (χ1v) is 11.0. The monoisotopic (exact) mass is 478 g/mol. The molecule has 4 unspecified atom stereocenters. The highest BCUT2D eigenvalue weighted by molar-refractivity contribution is 5.94. The summed E-state index contributed by atoms with van der Waals surface area (Å²) in [6.07, 6.45) is 0.902. The standard InChI is InChI=1S/C22H34N6O6/c1-13(26-20(31)15(24)11-14-7-3-2-4-8-14)19(30)27-16(9-5-6-10-23)21(32)28-17(22(33)34)12-18(25)29/h2-4,7-8,13,15-17H,5-6,9-12,23-24H2,1H3,(H2,25,29)(H,26,31)(H,27,30)(H,28,32)(H,33,34). The highest BCUT2D eigenvalue weighted by Gasteiger charge is 2.29. The van der Waals surface area contributed by atoms with Gasteiger partial charge in [0.05, 0.1) is 12.5 Å². The molecule has 0 saturated carbocycles. The summed E-state index contributed by atoms with van der Waals surface area (Å²) in [6.45, 7) is 1.80. The van der Waals surface area contributed by atoms with Crippen LogP contribution in [0, 0.1) is 0 Å². The molecule has 1 rings (SSSR count). The third-order valence-corrected chi connectivity index (χ3v) is 4.99. The third kappa shape index (κ3) is 10.4. The molecule has 0 spiro atoms. The molecule has 34 heavy (non-hydrogen) atoms. The molecular weight excluding hydrogens is 444 g/mol. The highest BCUT2D eigenvalue weighted by atomic mass is 16.4. The van der Waals surface area contributed by atoms with Gasteiger partial charge < -0.3 is 38.3 Å². The van der Waals surface area contributed by atoms with Crippen LogP contribution in [0.1, 0.15) is 38.2 Å². The number of hydrogen-bond donors (Lipinski definition) is 7. The maximum Gasteiger partial charge on any atom is 0.326 e. The number of amides is 4. The first-order chi connectivity index (χ1) is 16.0. The molecule has 12 heteroatoms. The van der Waals surface area contributed by atoms with Crippen LogP contribution in [0.4, 0.5) is 0 Å². The summed E-state index contributed by atoms with van der Waals surface area (Å²) in [5, 5.41) is 16.4. The number of carbonyl (C=O) groups is 5. The fourth-order valence-electron chi connectivity index (χ4n) is 3.08. The largest absolute Gasteiger partial charge is 0.480 e. The first kappa shape index (κ1) is 28.5. The van der Waals surface area contributed by atoms with Crippen molar-refractivity contribution >= 4 is 29.6 Å². The van der Waals surface area contributed by atoms with Crippen molar-refractivity contribution in [2.45, 2.75) is 63.2 Å². The Balaban J connectivity index is 2.76. The Bertz CT molecular complexity index is 850. The molecule has 10 N–H and O–H groups in total. The average Bonchev–Trinajstić information content (AvgIpc) is 2.78. The van der Waals surface area contributed by atoms with Crippen molar-refractivity contribution in [1.29, 1.82) is 0 Å². The van der Waals surface area contributed by atoms with Gasteiger partial charge in [-0.1, -0.05) is 30.3 Å². The Labute approximate surface area is 198 Å². The van der Waals surface area contributed by atoms with Crippen LogP contribution in [0.2, 0.25) is 0 Å². The van der Waals surface area contributed by atoms with Gasteiger partial charge in [-0.05, 0) is 44.7 Å². The minimum atomic E-state index is -1.54. The Morgan fingerprint density at radius 3 is 2.09 bits per heavy atom. The predicted octanol–water partition coefficient (Wildman–Crippen LogP) is -1.88. The van der Waals surface area contributed by atoms with Crippen LogP contribution in [-0.4, -0.2) is 65.4 Å². The number of carboxylic acids is 1. The number of benzene rings is 1. The van der Waals surface area contributed by atoms with Gasteiger partial charge in [-0.3, -0.25) is 19.2 Å². The van der Waals surface area contributed by atoms with E-state index in [0.717, 1.165) is 5.56 Å². The van der Waals surface area contributed by atoms with E-state index in [1.54, 1.807) is 0 Å². The topological polar surface area (TPSA) is 220 Å². The van der Waals surface area contributed by atoms with Gasteiger partial charge in [0.2, 0.25) is 23.6 Å². The Morgan fingerprint density at radius 2 is 1.53 bits per heavy atom. The Morgan fingerprint density at radius 1 is 0.912 bits per heavy atom. The molecule has 4 atom stereocenters. The summed E-state index contributed by atoms with van der Waals surface area (Å²) >= 11 is 0. The number of hydrogen-bond acceptors (Lipinski definition) is 7. The smallest absolute Gasteiger partial charge is 0.326 e. The van der Waals surface area contributed by atoms with Gasteiger partial charge in [0, 0.05) is 0 Å². The van der Waals surface area contributed by atoms with Crippen LogP contribution in [0.5, 0.6) is 0 Å². The zero-order valence-electron chi connectivity index (χ0n) is 19.2. The number of carboxylic acid groups (broad SMARTS) is 1. The van der Waals surface area contributed by atoms with E-state index in [-0.39, 0.29) is 12.8 Å². The molecule has 1 aromatic carbocycles. The second kappa shape index (κ2) is 14.6. The van der Waals surface area contributed by atoms with Crippen LogP contribution >= 0.6 is 0 Å². The van der Waals surface area contributed by atoms with E-state index in [9.17, 15) is 29.1 Å². The van der Waals surface area contributed by atoms with Gasteiger partial charge in [-0.2, -0.15) is 0 Å². The lowest BCUT2D eigenvalue weighted by molar-refractivity contribution is -0.143. The fourth-order valence-corrected chi connectivity index (χ4v) is 3.08. The Kier molecular flexibility index (Phi) is 12.2. The van der Waals surface area contributed by atoms with Crippen LogP contribution < -0.4 is 33.2 Å². The molecule has 188 valence electrons. The minimum Gasteiger partial charge on any atom is -0.480 e. The summed E-state index contributed by atoms with van der Waals surface area (Å²) in [6, 6.07) is 4.61. The van der Waals surface area contributed by atoms with Crippen LogP contribution in [-0.2, 0) is 30.4 Å². The molecule has 0 aromatic heterocycles. The number of carbonyl (C=O) groups excluding carboxylic acids is 4. The van der Waals surface area contributed by atoms with E-state index < -0.39 is 60.2 Å². The average molecular weight is 479 g/mol. The lowest BCUT2D eigenvalue weighted by Gasteiger charge is -2.23. The number of unbranched alkanes of at least 4 members (excludes halogenated alkanes) is 1. The van der Waals surface area contributed by atoms with Crippen molar-refractivity contribution in [3.63, 3.8) is 0 Å². The molecule has 12 nitrogen and oxygen atoms in total. The number of nitrogens with one attached hydrogen (secondary N) is 3. The van der Waals surface area contributed by atoms with Gasteiger partial charge in [0.1, 0.15) is 18.1 Å². The number of aliphatic carboxylic acids is 1. The van der Waals surface area contributed by atoms with E-state index in [1.807, 2.05) is 30.3 Å². The van der Waals surface area contributed by atoms with Gasteiger partial charge in [0.25, 0.3) is 0 Å². The van der Waals surface area contributed by atoms with E-state index in [2.05, 4.69) is 16.0 Å². The van der Waals surface area contributed by atoms with Gasteiger partial charge in [-0.15, -0.1) is 0 Å². The summed E-state index contributed by atoms with van der Waals surface area (Å²) < 4.78 is 0. The van der Waals surface area contributed by atoms with Gasteiger partial charge in [-0.25, -0.2) is 4.79 Å². The number of nitrogens with two attached hydrogens (primary N) is 3. The molecule has 0 heterocycles. The van der Waals surface area contributed by atoms with E-state index in [0.29, 0.717) is 19.4 Å². The molecular formula is C22H34N6O6. The van der Waals surface area contributed by atoms with E-state index in [1.165, 1.54) is 6.92 Å². The molecule has 0 aliphatic carbocycles. The third-order valence-electron chi connectivity index (χ3n) is 4.99. The van der Waals surface area contributed by atoms with Crippen molar-refractivity contribution in [3.8, 4) is 0 Å². The van der Waals surface area contributed by atoms with Gasteiger partial charge >= 0.3 is 5.97 Å². The summed E-state index contributed by atoms with van der Waals surface area (Å²) in [5.74, 6) is -4.33. The normalized spacial score (nSPS) is 14.2. The van der Waals surface area contributed by atoms with Crippen molar-refractivity contribution in [2.24, 2.45) is 17.2 Å². The highest BCUT2D eigenvalue weighted by Crippen LogP contribution is 2.05. The molecule has 0 aliphatic rings.